The molecule has 1 aromatic rings. The number of rotatable bonds is 14. The number of nitrogens with one attached hydrogen (secondary N) is 3. The molecule has 8 nitrogen and oxygen atoms in total. The molecule has 0 radical (unpaired) electrons. The van der Waals surface area contributed by atoms with Gasteiger partial charge in [0, 0.05) is 5.75 Å². The van der Waals surface area contributed by atoms with E-state index in [1.54, 1.807) is 44.2 Å². The van der Waals surface area contributed by atoms with Crippen molar-refractivity contribution >= 4 is 36.0 Å². The van der Waals surface area contributed by atoms with Gasteiger partial charge in [-0.05, 0) is 30.7 Å². The minimum atomic E-state index is -4.49. The van der Waals surface area contributed by atoms with Crippen LogP contribution in [0, 0.1) is 5.92 Å². The monoisotopic (exact) mass is 490 g/mol. The van der Waals surface area contributed by atoms with Gasteiger partial charge in [-0.25, -0.2) is 0 Å². The molecule has 0 aliphatic carbocycles. The highest BCUT2D eigenvalue weighted by Gasteiger charge is 2.31. The third-order valence-electron chi connectivity index (χ3n) is 4.48. The van der Waals surface area contributed by atoms with Crippen LogP contribution in [0.1, 0.15) is 32.3 Å². The van der Waals surface area contributed by atoms with Crippen LogP contribution in [0.2, 0.25) is 0 Å². The largest absolute Gasteiger partial charge is 0.548 e. The van der Waals surface area contributed by atoms with Gasteiger partial charge >= 0.3 is 5.51 Å². The highest BCUT2D eigenvalue weighted by atomic mass is 32.2. The first-order valence-corrected chi connectivity index (χ1v) is 11.2. The molecule has 0 saturated heterocycles. The predicted octanol–water partition coefficient (Wildman–Crippen LogP) is 0.752. The van der Waals surface area contributed by atoms with Crippen LogP contribution < -0.4 is 21.1 Å². The van der Waals surface area contributed by atoms with Gasteiger partial charge in [0.15, 0.2) is 0 Å². The summed E-state index contributed by atoms with van der Waals surface area (Å²) in [6, 6.07) is 4.72. The van der Waals surface area contributed by atoms with Crippen molar-refractivity contribution in [2.75, 3.05) is 5.75 Å². The van der Waals surface area contributed by atoms with E-state index in [1.165, 1.54) is 0 Å². The zero-order valence-electron chi connectivity index (χ0n) is 18.2. The Hall–Kier alpha value is -2.76. The molecule has 0 bridgehead atoms. The molecule has 33 heavy (non-hydrogen) atoms. The summed E-state index contributed by atoms with van der Waals surface area (Å²) in [6.07, 6.45) is -0.0402. The summed E-state index contributed by atoms with van der Waals surface area (Å²) in [7, 11) is 0. The molecule has 0 unspecified atom stereocenters. The van der Waals surface area contributed by atoms with E-state index >= 15 is 0 Å². The standard InChI is InChI=1S/C21H28F3N3O5S/c1-13(2)10-16(26-18(29)15(25-12-28)8-9-33-21(22,23)24)19(30)27-17(20(31)32)11-14-6-4-3-5-7-14/h3-7,12-13,15-17H,8-11H2,1-2H3,(H,25,28)(H,26,29)(H,27,30)(H,31,32)/p-1/t15-,16-,17-/m0/s1. The highest BCUT2D eigenvalue weighted by molar-refractivity contribution is 8.00. The first kappa shape index (κ1) is 28.3. The minimum absolute atomic E-state index is 0.0404. The smallest absolute Gasteiger partial charge is 0.441 e. The number of alkyl halides is 3. The fraction of sp³-hybridized carbons (Fsp3) is 0.524. The van der Waals surface area contributed by atoms with E-state index in [0.717, 1.165) is 0 Å². The van der Waals surface area contributed by atoms with Crippen molar-refractivity contribution in [3.63, 3.8) is 0 Å². The Morgan fingerprint density at radius 2 is 1.61 bits per heavy atom. The van der Waals surface area contributed by atoms with Crippen molar-refractivity contribution in [1.29, 1.82) is 0 Å². The lowest BCUT2D eigenvalue weighted by atomic mass is 10.0. The molecular formula is C21H27F3N3O5S-. The Labute approximate surface area is 194 Å². The molecule has 1 rings (SSSR count). The lowest BCUT2D eigenvalue weighted by molar-refractivity contribution is -0.308. The van der Waals surface area contributed by atoms with E-state index in [9.17, 15) is 37.5 Å². The van der Waals surface area contributed by atoms with Gasteiger partial charge in [-0.1, -0.05) is 55.9 Å². The number of carbonyl (C=O) groups is 4. The Morgan fingerprint density at radius 3 is 2.12 bits per heavy atom. The molecule has 3 N–H and O–H groups in total. The van der Waals surface area contributed by atoms with Gasteiger partial charge in [0.05, 0.1) is 12.0 Å². The average molecular weight is 491 g/mol. The van der Waals surface area contributed by atoms with Gasteiger partial charge in [-0.15, -0.1) is 0 Å². The van der Waals surface area contributed by atoms with Gasteiger partial charge in [-0.3, -0.25) is 14.4 Å². The number of benzene rings is 1. The van der Waals surface area contributed by atoms with E-state index in [4.69, 9.17) is 0 Å². The Kier molecular flexibility index (Phi) is 11.7. The van der Waals surface area contributed by atoms with Crippen LogP contribution in [0.4, 0.5) is 13.2 Å². The van der Waals surface area contributed by atoms with Gasteiger partial charge in [0.2, 0.25) is 18.2 Å². The van der Waals surface area contributed by atoms with Crippen LogP contribution in [0.15, 0.2) is 30.3 Å². The number of hydrogen-bond donors (Lipinski definition) is 3. The number of amides is 3. The molecule has 0 fully saturated rings. The highest BCUT2D eigenvalue weighted by Crippen LogP contribution is 2.30. The van der Waals surface area contributed by atoms with Crippen LogP contribution >= 0.6 is 11.8 Å². The summed E-state index contributed by atoms with van der Waals surface area (Å²) in [5.74, 6) is -3.70. The topological polar surface area (TPSA) is 127 Å². The van der Waals surface area contributed by atoms with Gasteiger partial charge in [0.1, 0.15) is 12.1 Å². The third kappa shape index (κ3) is 11.6. The molecule has 0 spiro atoms. The van der Waals surface area contributed by atoms with Crippen molar-refractivity contribution in [1.82, 2.24) is 16.0 Å². The Morgan fingerprint density at radius 1 is 1.03 bits per heavy atom. The van der Waals surface area contributed by atoms with E-state index in [-0.39, 0.29) is 43.4 Å². The molecule has 0 heterocycles. The molecule has 0 aliphatic rings. The molecule has 0 saturated carbocycles. The van der Waals surface area contributed by atoms with E-state index in [0.29, 0.717) is 5.56 Å². The molecule has 0 aliphatic heterocycles. The van der Waals surface area contributed by atoms with Crippen LogP contribution in [0.25, 0.3) is 0 Å². The van der Waals surface area contributed by atoms with Gasteiger partial charge in [-0.2, -0.15) is 13.2 Å². The summed E-state index contributed by atoms with van der Waals surface area (Å²) < 4.78 is 37.1. The van der Waals surface area contributed by atoms with Gasteiger partial charge < -0.3 is 25.9 Å². The maximum Gasteiger partial charge on any atom is 0.441 e. The average Bonchev–Trinajstić information content (AvgIpc) is 2.71. The molecule has 3 atom stereocenters. The SMILES string of the molecule is CC(C)C[C@H](NC(=O)[C@H](CCSC(F)(F)F)NC=O)C(=O)N[C@@H](Cc1ccccc1)C(=O)[O-]. The third-order valence-corrected chi connectivity index (χ3v) is 5.25. The number of thioether (sulfide) groups is 1. The molecule has 0 aromatic heterocycles. The van der Waals surface area contributed by atoms with Crippen LogP contribution in [0.5, 0.6) is 0 Å². The second kappa shape index (κ2) is 13.7. The van der Waals surface area contributed by atoms with Crippen LogP contribution in [0.3, 0.4) is 0 Å². The first-order valence-electron chi connectivity index (χ1n) is 10.2. The number of carbonyl (C=O) groups excluding carboxylic acids is 4. The van der Waals surface area contributed by atoms with Crippen molar-refractivity contribution in [2.24, 2.45) is 5.92 Å². The van der Waals surface area contributed by atoms with E-state index < -0.39 is 47.2 Å². The normalized spacial score (nSPS) is 14.1. The minimum Gasteiger partial charge on any atom is -0.548 e. The maximum atomic E-state index is 12.8. The van der Waals surface area contributed by atoms with Crippen molar-refractivity contribution in [3.05, 3.63) is 35.9 Å². The Bertz CT molecular complexity index is 793. The number of hydrogen-bond acceptors (Lipinski definition) is 6. The zero-order chi connectivity index (χ0) is 25.0. The molecule has 12 heteroatoms. The number of aliphatic carboxylic acids is 1. The van der Waals surface area contributed by atoms with Crippen molar-refractivity contribution in [2.45, 2.75) is 56.7 Å². The summed E-state index contributed by atoms with van der Waals surface area (Å²) in [5, 5.41) is 18.5. The molecule has 184 valence electrons. The molecular weight excluding hydrogens is 463 g/mol. The summed E-state index contributed by atoms with van der Waals surface area (Å²) in [4.78, 5) is 47.7. The van der Waals surface area contributed by atoms with Crippen molar-refractivity contribution < 1.29 is 37.5 Å². The lowest BCUT2D eigenvalue weighted by Gasteiger charge is -2.26. The number of carboxylic acid groups (broad SMARTS) is 1. The predicted molar refractivity (Wildman–Crippen MR) is 115 cm³/mol. The second-order valence-corrected chi connectivity index (χ2v) is 8.84. The van der Waals surface area contributed by atoms with Crippen LogP contribution in [-0.2, 0) is 25.6 Å². The maximum absolute atomic E-state index is 12.8. The summed E-state index contributed by atoms with van der Waals surface area (Å²) in [6.45, 7) is 3.54. The van der Waals surface area contributed by atoms with E-state index in [1.807, 2.05) is 0 Å². The summed E-state index contributed by atoms with van der Waals surface area (Å²) >= 11 is -0.334. The first-order chi connectivity index (χ1) is 15.4. The number of halogens is 3. The van der Waals surface area contributed by atoms with Crippen LogP contribution in [-0.4, -0.2) is 53.6 Å². The quantitative estimate of drug-likeness (QED) is 0.331. The zero-order valence-corrected chi connectivity index (χ0v) is 19.0. The number of carboxylic acids is 1. The lowest BCUT2D eigenvalue weighted by Crippen LogP contribution is -2.57. The molecule has 1 aromatic carbocycles. The summed E-state index contributed by atoms with van der Waals surface area (Å²) in [5.41, 5.74) is -3.84. The fourth-order valence-corrected chi connectivity index (χ4v) is 3.54. The molecule has 3 amide bonds. The Balaban J connectivity index is 2.87. The fourth-order valence-electron chi connectivity index (χ4n) is 2.96. The van der Waals surface area contributed by atoms with E-state index in [2.05, 4.69) is 16.0 Å². The second-order valence-electron chi connectivity index (χ2n) is 7.68. The van der Waals surface area contributed by atoms with Gasteiger partial charge in [0.25, 0.3) is 0 Å². The van der Waals surface area contributed by atoms with Crippen molar-refractivity contribution in [3.8, 4) is 0 Å².